The number of unbranched alkanes of at least 4 members (excludes halogenated alkanes) is 1. The fraction of sp³-hybridized carbons (Fsp3) is 0.633. The topological polar surface area (TPSA) is 149 Å². The van der Waals surface area contributed by atoms with Crippen molar-refractivity contribution < 1.29 is 38.2 Å². The molecule has 0 unspecified atom stereocenters. The van der Waals surface area contributed by atoms with Crippen molar-refractivity contribution in [3.05, 3.63) is 29.3 Å². The molecule has 1 atom stereocenters. The van der Waals surface area contributed by atoms with Gasteiger partial charge in [-0.25, -0.2) is 9.59 Å². The molecule has 1 aromatic rings. The van der Waals surface area contributed by atoms with E-state index in [4.69, 9.17) is 14.2 Å². The van der Waals surface area contributed by atoms with Crippen LogP contribution in [0.3, 0.4) is 0 Å². The van der Waals surface area contributed by atoms with E-state index < -0.39 is 29.4 Å². The van der Waals surface area contributed by atoms with Crippen molar-refractivity contribution in [2.24, 2.45) is 0 Å². The van der Waals surface area contributed by atoms with Crippen LogP contribution in [0.4, 0.5) is 9.59 Å². The van der Waals surface area contributed by atoms with E-state index >= 15 is 0 Å². The molecule has 0 fully saturated rings. The number of amides is 3. The molecule has 11 nitrogen and oxygen atoms in total. The molecule has 13 heteroatoms. The van der Waals surface area contributed by atoms with Crippen LogP contribution in [-0.4, -0.2) is 65.3 Å². The highest BCUT2D eigenvalue weighted by Crippen LogP contribution is 2.26. The molecule has 3 amide bonds. The summed E-state index contributed by atoms with van der Waals surface area (Å²) in [7, 11) is 0. The van der Waals surface area contributed by atoms with Crippen molar-refractivity contribution in [1.82, 2.24) is 16.0 Å². The fourth-order valence-electron chi connectivity index (χ4n) is 3.49. The number of rotatable bonds is 15. The number of hydrogen-bond acceptors (Lipinski definition) is 10. The van der Waals surface area contributed by atoms with Crippen molar-refractivity contribution in [2.45, 2.75) is 103 Å². The van der Waals surface area contributed by atoms with Crippen molar-refractivity contribution >= 4 is 51.8 Å². The lowest BCUT2D eigenvalue weighted by Gasteiger charge is -2.23. The summed E-state index contributed by atoms with van der Waals surface area (Å²) in [6.45, 7) is 14.3. The van der Waals surface area contributed by atoms with E-state index in [0.29, 0.717) is 43.1 Å². The molecule has 0 saturated carbocycles. The van der Waals surface area contributed by atoms with Crippen molar-refractivity contribution in [3.63, 3.8) is 0 Å². The van der Waals surface area contributed by atoms with Crippen LogP contribution < -0.4 is 20.7 Å². The van der Waals surface area contributed by atoms with Crippen LogP contribution in [0, 0.1) is 0 Å². The van der Waals surface area contributed by atoms with Crippen LogP contribution in [0.1, 0.15) is 85.8 Å². The van der Waals surface area contributed by atoms with E-state index in [1.165, 1.54) is 37.4 Å². The summed E-state index contributed by atoms with van der Waals surface area (Å²) in [5.74, 6) is 1.15. The highest BCUT2D eigenvalue weighted by molar-refractivity contribution is 8.13. The van der Waals surface area contributed by atoms with E-state index in [9.17, 15) is 24.0 Å². The molecule has 43 heavy (non-hydrogen) atoms. The zero-order chi connectivity index (χ0) is 32.6. The minimum atomic E-state index is -0.843. The van der Waals surface area contributed by atoms with Crippen LogP contribution in [0.15, 0.2) is 18.2 Å². The predicted molar refractivity (Wildman–Crippen MR) is 170 cm³/mol. The Balaban J connectivity index is 2.70. The van der Waals surface area contributed by atoms with Crippen LogP contribution in [-0.2, 0) is 35.4 Å². The summed E-state index contributed by atoms with van der Waals surface area (Å²) in [5.41, 5.74) is 0.535. The highest BCUT2D eigenvalue weighted by atomic mass is 32.2. The van der Waals surface area contributed by atoms with Gasteiger partial charge in [-0.1, -0.05) is 29.6 Å². The summed E-state index contributed by atoms with van der Waals surface area (Å²) in [4.78, 5) is 60.1. The van der Waals surface area contributed by atoms with Crippen molar-refractivity contribution in [1.29, 1.82) is 0 Å². The molecule has 3 N–H and O–H groups in total. The first-order chi connectivity index (χ1) is 19.9. The number of carbonyl (C=O) groups is 5. The van der Waals surface area contributed by atoms with E-state index in [2.05, 4.69) is 16.0 Å². The molecule has 0 radical (unpaired) electrons. The molecule has 0 aliphatic heterocycles. The lowest BCUT2D eigenvalue weighted by Crippen LogP contribution is -2.48. The van der Waals surface area contributed by atoms with Gasteiger partial charge >= 0.3 is 12.2 Å². The number of hydrogen-bond donors (Lipinski definition) is 3. The second kappa shape index (κ2) is 18.7. The van der Waals surface area contributed by atoms with Crippen LogP contribution in [0.2, 0.25) is 0 Å². The second-order valence-electron chi connectivity index (χ2n) is 11.8. The lowest BCUT2D eigenvalue weighted by molar-refractivity contribution is -0.123. The molecule has 0 heterocycles. The van der Waals surface area contributed by atoms with Crippen LogP contribution in [0.25, 0.3) is 0 Å². The molecule has 0 spiro atoms. The zero-order valence-corrected chi connectivity index (χ0v) is 28.2. The zero-order valence-electron chi connectivity index (χ0n) is 26.5. The third-order valence-corrected chi connectivity index (χ3v) is 7.03. The average Bonchev–Trinajstić information content (AvgIpc) is 2.86. The van der Waals surface area contributed by atoms with E-state index in [0.717, 1.165) is 11.1 Å². The number of thioether (sulfide) groups is 2. The minimum Gasteiger partial charge on any atom is -0.492 e. The molecule has 0 saturated heterocycles. The van der Waals surface area contributed by atoms with Gasteiger partial charge in [0.15, 0.2) is 10.2 Å². The maximum Gasteiger partial charge on any atom is 0.408 e. The molecule has 1 rings (SSSR count). The SMILES string of the molecule is CC(=O)SCc1ccc(OCCNC(=O)[C@@H](CCCCNC(=O)OC(C)(C)C)NC(=O)OC(C)(C)C)cc1CSC(C)=O. The average molecular weight is 642 g/mol. The molecular formula is C30H47N3O8S2. The number of nitrogens with one attached hydrogen (secondary N) is 3. The maximum absolute atomic E-state index is 13.0. The molecule has 0 aromatic heterocycles. The monoisotopic (exact) mass is 641 g/mol. The van der Waals surface area contributed by atoms with Gasteiger partial charge in [0, 0.05) is 31.9 Å². The Morgan fingerprint density at radius 2 is 1.35 bits per heavy atom. The summed E-state index contributed by atoms with van der Waals surface area (Å²) in [6, 6.07) is 4.66. The van der Waals surface area contributed by atoms with Gasteiger partial charge in [0.1, 0.15) is 29.6 Å². The maximum atomic E-state index is 13.0. The number of benzene rings is 1. The van der Waals surface area contributed by atoms with Gasteiger partial charge in [-0.3, -0.25) is 14.4 Å². The van der Waals surface area contributed by atoms with Gasteiger partial charge < -0.3 is 30.2 Å². The van der Waals surface area contributed by atoms with E-state index in [-0.39, 0.29) is 29.3 Å². The minimum absolute atomic E-state index is 0.00643. The van der Waals surface area contributed by atoms with Crippen LogP contribution >= 0.6 is 23.5 Å². The summed E-state index contributed by atoms with van der Waals surface area (Å²) in [5, 5.41) is 8.11. The Bertz CT molecular complexity index is 1100. The Morgan fingerprint density at radius 1 is 0.767 bits per heavy atom. The van der Waals surface area contributed by atoms with Gasteiger partial charge in [-0.2, -0.15) is 0 Å². The number of alkyl carbamates (subject to hydrolysis) is 2. The predicted octanol–water partition coefficient (Wildman–Crippen LogP) is 5.33. The molecule has 0 aliphatic carbocycles. The molecule has 1 aromatic carbocycles. The first-order valence-corrected chi connectivity index (χ1v) is 16.2. The Morgan fingerprint density at radius 3 is 1.93 bits per heavy atom. The third kappa shape index (κ3) is 19.1. The fourth-order valence-corrected chi connectivity index (χ4v) is 4.76. The van der Waals surface area contributed by atoms with Gasteiger partial charge in [-0.05, 0) is 84.1 Å². The summed E-state index contributed by atoms with van der Waals surface area (Å²) < 4.78 is 16.4. The molecule has 0 aliphatic rings. The van der Waals surface area contributed by atoms with Crippen LogP contribution in [0.5, 0.6) is 5.75 Å². The first-order valence-electron chi connectivity index (χ1n) is 14.2. The largest absolute Gasteiger partial charge is 0.492 e. The quantitative estimate of drug-likeness (QED) is 0.215. The van der Waals surface area contributed by atoms with E-state index in [1.54, 1.807) is 47.6 Å². The Hall–Kier alpha value is -2.93. The van der Waals surface area contributed by atoms with Gasteiger partial charge in [0.05, 0.1) is 6.54 Å². The third-order valence-electron chi connectivity index (χ3n) is 5.30. The second-order valence-corrected chi connectivity index (χ2v) is 14.1. The van der Waals surface area contributed by atoms with Gasteiger partial charge in [0.25, 0.3) is 0 Å². The van der Waals surface area contributed by atoms with Gasteiger partial charge in [0.2, 0.25) is 5.91 Å². The lowest BCUT2D eigenvalue weighted by atomic mass is 10.1. The normalized spacial score (nSPS) is 12.1. The number of ether oxygens (including phenoxy) is 3. The Kier molecular flexibility index (Phi) is 16.5. The molecular weight excluding hydrogens is 594 g/mol. The van der Waals surface area contributed by atoms with E-state index in [1.807, 2.05) is 12.1 Å². The molecule has 242 valence electrons. The van der Waals surface area contributed by atoms with Crippen molar-refractivity contribution in [2.75, 3.05) is 19.7 Å². The standard InChI is InChI=1S/C30H47N3O8S2/c1-20(34)42-18-22-12-13-24(17-23(22)19-43-21(2)35)39-16-15-31-26(36)25(33-28(38)41-30(6,7)8)11-9-10-14-32-27(37)40-29(3,4)5/h12-13,17,25H,9-11,14-16,18-19H2,1-8H3,(H,31,36)(H,32,37)(H,33,38)/t25-/m1/s1. The Labute approximate surface area is 263 Å². The van der Waals surface area contributed by atoms with Gasteiger partial charge in [-0.15, -0.1) is 0 Å². The highest BCUT2D eigenvalue weighted by Gasteiger charge is 2.24. The summed E-state index contributed by atoms with van der Waals surface area (Å²) in [6.07, 6.45) is 0.250. The molecule has 0 bridgehead atoms. The first kappa shape index (κ1) is 38.1. The van der Waals surface area contributed by atoms with Crippen molar-refractivity contribution in [3.8, 4) is 5.75 Å². The summed E-state index contributed by atoms with van der Waals surface area (Å²) >= 11 is 2.38. The smallest absolute Gasteiger partial charge is 0.408 e. The number of carbonyl (C=O) groups excluding carboxylic acids is 5.